The minimum absolute atomic E-state index is 0.198. The lowest BCUT2D eigenvalue weighted by molar-refractivity contribution is -0.144. The maximum Gasteiger partial charge on any atom is 0.416 e. The molecule has 0 amide bonds. The lowest BCUT2D eigenvalue weighted by Crippen LogP contribution is -2.12. The predicted molar refractivity (Wildman–Crippen MR) is 368 cm³/mol. The third kappa shape index (κ3) is 21.8. The van der Waals surface area contributed by atoms with E-state index in [4.69, 9.17) is 9.47 Å². The normalized spacial score (nSPS) is 12.5. The smallest absolute Gasteiger partial charge is 0.416 e. The highest BCUT2D eigenvalue weighted by Crippen LogP contribution is 2.55. The van der Waals surface area contributed by atoms with Gasteiger partial charge >= 0.3 is 49.4 Å². The minimum Gasteiger partial charge on any atom is -0.507 e. The van der Waals surface area contributed by atoms with Crippen molar-refractivity contribution in [2.45, 2.75) is 78.8 Å². The number of alkyl halides is 24. The molecule has 0 aliphatic heterocycles. The molecule has 59 heteroatoms. The maximum absolute atomic E-state index is 15.9. The fraction of sp³-hybridized carbons (Fsp3) is 0.100. The van der Waals surface area contributed by atoms with Crippen molar-refractivity contribution in [2.24, 2.45) is 0 Å². The van der Waals surface area contributed by atoms with Gasteiger partial charge in [0, 0.05) is 22.3 Å². The summed E-state index contributed by atoms with van der Waals surface area (Å²) in [6.07, 6.45) is -44.8. The summed E-state index contributed by atoms with van der Waals surface area (Å²) < 4.78 is 736. The summed E-state index contributed by atoms with van der Waals surface area (Å²) >= 11 is -3.40. The third-order valence-corrected chi connectivity index (χ3v) is 21.2. The Hall–Kier alpha value is -12.8. The topological polar surface area (TPSA) is 58.9 Å². The van der Waals surface area contributed by atoms with Crippen LogP contribution in [0.1, 0.15) is 44.5 Å². The lowest BCUT2D eigenvalue weighted by Gasteiger charge is -2.22. The molecule has 12 rings (SSSR count). The van der Waals surface area contributed by atoms with Crippen LogP contribution < -0.4 is 9.47 Å². The first-order chi connectivity index (χ1) is 63.4. The molecular formula is C80H18F52O4S3. The molecule has 0 saturated heterocycles. The number of phenols is 2. The van der Waals surface area contributed by atoms with Gasteiger partial charge in [-0.15, -0.1) is 0 Å². The first-order valence-electron chi connectivity index (χ1n) is 34.6. The zero-order valence-corrected chi connectivity index (χ0v) is 66.3. The zero-order valence-electron chi connectivity index (χ0n) is 63.8. The van der Waals surface area contributed by atoms with Crippen LogP contribution in [0, 0.1) is 163 Å². The van der Waals surface area contributed by atoms with Crippen LogP contribution in [-0.4, -0.2) is 10.2 Å². The van der Waals surface area contributed by atoms with E-state index in [1.165, 1.54) is 0 Å². The fourth-order valence-corrected chi connectivity index (χ4v) is 14.2. The Balaban J connectivity index is 0.000000274. The van der Waals surface area contributed by atoms with Gasteiger partial charge in [-0.1, -0.05) is 35.3 Å². The van der Waals surface area contributed by atoms with Crippen LogP contribution in [0.15, 0.2) is 126 Å². The Labute approximate surface area is 743 Å². The van der Waals surface area contributed by atoms with Gasteiger partial charge in [0.25, 0.3) is 0 Å². The molecule has 12 aromatic rings. The molecule has 0 fully saturated rings. The van der Waals surface area contributed by atoms with Crippen LogP contribution in [0.3, 0.4) is 0 Å². The molecule has 4 nitrogen and oxygen atoms in total. The van der Waals surface area contributed by atoms with Gasteiger partial charge in [0.1, 0.15) is 23.0 Å². The first-order valence-corrected chi connectivity index (χ1v) is 37.0. The van der Waals surface area contributed by atoms with Crippen LogP contribution in [-0.2, 0) is 49.4 Å². The fourth-order valence-electron chi connectivity index (χ4n) is 11.4. The molecule has 139 heavy (non-hydrogen) atoms. The number of rotatable bonds is 14. The lowest BCUT2D eigenvalue weighted by atomic mass is 9.93. The van der Waals surface area contributed by atoms with Gasteiger partial charge in [-0.05, 0) is 119 Å². The third-order valence-electron chi connectivity index (χ3n) is 17.9. The van der Waals surface area contributed by atoms with E-state index in [0.29, 0.717) is 12.1 Å². The Bertz CT molecular complexity index is 6250. The molecule has 0 atom stereocenters. The number of hydrogen-bond acceptors (Lipinski definition) is 7. The van der Waals surface area contributed by atoms with Gasteiger partial charge in [0.15, 0.2) is 116 Å². The van der Waals surface area contributed by atoms with Gasteiger partial charge in [-0.2, -0.15) is 123 Å². The summed E-state index contributed by atoms with van der Waals surface area (Å²) in [7, 11) is 0. The van der Waals surface area contributed by atoms with Crippen molar-refractivity contribution >= 4 is 35.3 Å². The molecule has 0 saturated carbocycles. The standard InChI is InChI=1S/C46H8F30O2S2.C22H10F12O2.C12F10S/c47-19-21(49)29(57)39(30(58)22(19)50)79-41-33(61)25(53)37(26(54)34(41)62)77-17-8-16(10-3-13(45(71,72)73)6-14(4-10)46(74,75)76)18(7-15(17)9-1-11(43(65,66)67)5-12(2-9)44(68,69)70)78-38-27(55)35(63)42(36(64)28(38)56)80-40-31(59)23(51)20(48)24(52)32(40)60;23-19(24,25)11-1-9(2-12(5-11)20(26,27)28)15-7-18(36)16(8-17(15)35)10-3-13(21(29,30)31)6-14(4-10)22(32,33)34;13-1-3(15)7(19)11(8(20)4(1)16)23-12-9(21)5(17)2(14)6(18)10(12)22/h1-8H;1-8,35-36H;. The van der Waals surface area contributed by atoms with E-state index in [1.807, 2.05) is 0 Å². The monoisotopic (exact) mass is 2130 g/mol. The molecule has 0 radical (unpaired) electrons. The first kappa shape index (κ1) is 108. The average Bonchev–Trinajstić information content (AvgIpc) is 0.737. The zero-order chi connectivity index (χ0) is 105. The van der Waals surface area contributed by atoms with E-state index in [1.54, 1.807) is 0 Å². The molecule has 0 aromatic heterocycles. The van der Waals surface area contributed by atoms with E-state index in [-0.39, 0.29) is 36.4 Å². The molecular weight excluding hydrogens is 2110 g/mol. The number of hydrogen-bond donors (Lipinski definition) is 2. The summed E-state index contributed by atoms with van der Waals surface area (Å²) in [4.78, 5) is -13.0. The molecule has 744 valence electrons. The summed E-state index contributed by atoms with van der Waals surface area (Å²) in [5.41, 5.74) is -27.4. The van der Waals surface area contributed by atoms with Crippen LogP contribution in [0.5, 0.6) is 34.5 Å². The predicted octanol–water partition coefficient (Wildman–Crippen LogP) is 33.2. The Morgan fingerprint density at radius 1 is 0.158 bits per heavy atom. The molecule has 0 aliphatic rings. The summed E-state index contributed by atoms with van der Waals surface area (Å²) in [6.45, 7) is 0. The van der Waals surface area contributed by atoms with Crippen molar-refractivity contribution < 1.29 is 248 Å². The van der Waals surface area contributed by atoms with Crippen LogP contribution in [0.25, 0.3) is 44.5 Å². The van der Waals surface area contributed by atoms with E-state index in [0.717, 1.165) is 0 Å². The highest BCUT2D eigenvalue weighted by Gasteiger charge is 2.46. The Kier molecular flexibility index (Phi) is 30.0. The second-order valence-corrected chi connectivity index (χ2v) is 29.9. The molecule has 12 aromatic carbocycles. The summed E-state index contributed by atoms with van der Waals surface area (Å²) in [6, 6.07) is -2.50. The quantitative estimate of drug-likeness (QED) is 0.0487. The number of halogens is 52. The van der Waals surface area contributed by atoms with Crippen molar-refractivity contribution in [2.75, 3.05) is 0 Å². The summed E-state index contributed by atoms with van der Waals surface area (Å²) in [5, 5.41) is 20.5. The van der Waals surface area contributed by atoms with Crippen LogP contribution in [0.2, 0.25) is 0 Å². The highest BCUT2D eigenvalue weighted by atomic mass is 32.2. The van der Waals surface area contributed by atoms with Gasteiger partial charge in [0.2, 0.25) is 58.0 Å². The number of aromatic hydroxyl groups is 2. The second kappa shape index (κ2) is 38.5. The SMILES string of the molecule is Fc1c(F)c(F)c(Sc2c(F)c(F)c(F)c(F)c2F)c(F)c1F.Fc1c(F)c(F)c(Sc2c(F)c(F)c(Oc3cc(-c4cc(C(F)(F)F)cc(C(F)(F)F)c4)c(Oc4c(F)c(F)c(Sc5c(F)c(F)c(F)c(F)c5F)c(F)c4F)cc3-c3cc(C(F)(F)F)cc(C(F)(F)F)c3)c(F)c2F)c(F)c1F.Oc1cc(-c2cc(C(F)(F)F)cc(C(F)(F)F)c2)c(O)cc1-c1cc(C(F)(F)F)cc(C(F)(F)F)c1. The van der Waals surface area contributed by atoms with E-state index in [2.05, 4.69) is 0 Å². The molecule has 0 aliphatic carbocycles. The minimum atomic E-state index is -5.95. The Morgan fingerprint density at radius 2 is 0.288 bits per heavy atom. The average molecular weight is 2130 g/mol. The van der Waals surface area contributed by atoms with Gasteiger partial charge in [0.05, 0.1) is 73.9 Å². The van der Waals surface area contributed by atoms with Crippen molar-refractivity contribution in [3.05, 3.63) is 304 Å². The number of ether oxygens (including phenoxy) is 2. The van der Waals surface area contributed by atoms with Crippen molar-refractivity contribution in [1.82, 2.24) is 0 Å². The van der Waals surface area contributed by atoms with Crippen molar-refractivity contribution in [3.63, 3.8) is 0 Å². The molecule has 0 spiro atoms. The molecule has 0 unspecified atom stereocenters. The van der Waals surface area contributed by atoms with Crippen LogP contribution >= 0.6 is 35.3 Å². The van der Waals surface area contributed by atoms with Crippen molar-refractivity contribution in [3.8, 4) is 79.0 Å². The van der Waals surface area contributed by atoms with E-state index >= 15 is 35.1 Å². The second-order valence-electron chi connectivity index (χ2n) is 26.8. The summed E-state index contributed by atoms with van der Waals surface area (Å²) in [5.74, 6) is -89.5. The van der Waals surface area contributed by atoms with E-state index in [9.17, 15) is 203 Å². The molecule has 0 heterocycles. The van der Waals surface area contributed by atoms with Gasteiger partial charge < -0.3 is 19.7 Å². The highest BCUT2D eigenvalue weighted by molar-refractivity contribution is 8.00. The maximum atomic E-state index is 15.9. The van der Waals surface area contributed by atoms with Crippen LogP contribution in [0.4, 0.5) is 228 Å². The van der Waals surface area contributed by atoms with Gasteiger partial charge in [-0.25, -0.2) is 105 Å². The largest absolute Gasteiger partial charge is 0.507 e. The van der Waals surface area contributed by atoms with E-state index < -0.39 is 449 Å². The van der Waals surface area contributed by atoms with Gasteiger partial charge in [-0.3, -0.25) is 0 Å². The molecule has 0 bridgehead atoms. The number of phenolic OH excluding ortho intramolecular Hbond substituents is 2. The molecule has 2 N–H and O–H groups in total. The number of benzene rings is 12. The van der Waals surface area contributed by atoms with Crippen molar-refractivity contribution in [1.29, 1.82) is 0 Å². The Morgan fingerprint density at radius 3 is 0.432 bits per heavy atom.